The van der Waals surface area contributed by atoms with E-state index in [2.05, 4.69) is 10.2 Å². The molecule has 6 nitrogen and oxygen atoms in total. The first-order valence-corrected chi connectivity index (χ1v) is 9.80. The summed E-state index contributed by atoms with van der Waals surface area (Å²) >= 11 is 0. The van der Waals surface area contributed by atoms with E-state index < -0.39 is 0 Å². The number of likely N-dealkylation sites (tertiary alicyclic amines) is 1. The number of piperidine rings is 1. The Bertz CT molecular complexity index is 954. The van der Waals surface area contributed by atoms with E-state index in [1.54, 1.807) is 6.08 Å². The van der Waals surface area contributed by atoms with Crippen LogP contribution in [0.2, 0.25) is 0 Å². The number of nitrogens with zero attached hydrogens (tertiary/aromatic N) is 3. The Labute approximate surface area is 169 Å². The van der Waals surface area contributed by atoms with Gasteiger partial charge in [-0.1, -0.05) is 48.5 Å². The summed E-state index contributed by atoms with van der Waals surface area (Å²) in [5.41, 5.74) is 1.01. The zero-order valence-corrected chi connectivity index (χ0v) is 16.1. The monoisotopic (exact) mass is 389 g/mol. The molecule has 3 aromatic rings. The van der Waals surface area contributed by atoms with Crippen LogP contribution in [0.1, 0.15) is 36.1 Å². The van der Waals surface area contributed by atoms with Gasteiger partial charge in [-0.25, -0.2) is 0 Å². The van der Waals surface area contributed by atoms with Crippen LogP contribution in [0, 0.1) is 0 Å². The third-order valence-electron chi connectivity index (χ3n) is 4.89. The highest BCUT2D eigenvalue weighted by molar-refractivity contribution is 5.91. The third kappa shape index (κ3) is 5.10. The van der Waals surface area contributed by atoms with Gasteiger partial charge in [0.2, 0.25) is 11.8 Å². The van der Waals surface area contributed by atoms with Crippen LogP contribution in [0.25, 0.3) is 6.08 Å². The van der Waals surface area contributed by atoms with Gasteiger partial charge in [-0.2, -0.15) is 0 Å². The van der Waals surface area contributed by atoms with Crippen molar-refractivity contribution in [2.24, 2.45) is 0 Å². The molecule has 0 aliphatic carbocycles. The molecule has 2 aromatic carbocycles. The lowest BCUT2D eigenvalue weighted by Crippen LogP contribution is -2.38. The number of ether oxygens (including phenoxy) is 1. The maximum atomic E-state index is 12.6. The van der Waals surface area contributed by atoms with Crippen molar-refractivity contribution in [1.82, 2.24) is 15.1 Å². The van der Waals surface area contributed by atoms with Gasteiger partial charge in [-0.05, 0) is 36.6 Å². The minimum Gasteiger partial charge on any atom is -0.484 e. The van der Waals surface area contributed by atoms with Gasteiger partial charge in [0, 0.05) is 19.2 Å². The largest absolute Gasteiger partial charge is 0.484 e. The Kier molecular flexibility index (Phi) is 6.00. The van der Waals surface area contributed by atoms with Crippen LogP contribution in [0.15, 0.2) is 71.2 Å². The van der Waals surface area contributed by atoms with Crippen molar-refractivity contribution in [3.05, 3.63) is 84.1 Å². The smallest absolute Gasteiger partial charge is 0.253 e. The van der Waals surface area contributed by atoms with Crippen LogP contribution in [0.3, 0.4) is 0 Å². The summed E-state index contributed by atoms with van der Waals surface area (Å²) in [4.78, 5) is 14.4. The highest BCUT2D eigenvalue weighted by atomic mass is 16.5. The molecule has 1 fully saturated rings. The lowest BCUT2D eigenvalue weighted by Gasteiger charge is -2.30. The molecule has 2 heterocycles. The molecule has 1 aliphatic rings. The molecule has 1 amide bonds. The maximum absolute atomic E-state index is 12.6. The molecule has 1 saturated heterocycles. The molecule has 1 aliphatic heterocycles. The number of aromatic nitrogens is 2. The van der Waals surface area contributed by atoms with Gasteiger partial charge >= 0.3 is 0 Å². The average molecular weight is 389 g/mol. The second-order valence-corrected chi connectivity index (χ2v) is 7.00. The topological polar surface area (TPSA) is 68.5 Å². The number of amides is 1. The molecule has 29 heavy (non-hydrogen) atoms. The fourth-order valence-corrected chi connectivity index (χ4v) is 3.37. The number of rotatable bonds is 6. The van der Waals surface area contributed by atoms with Gasteiger partial charge in [0.25, 0.3) is 5.89 Å². The molecular weight excluding hydrogens is 366 g/mol. The van der Waals surface area contributed by atoms with E-state index in [4.69, 9.17) is 9.15 Å². The lowest BCUT2D eigenvalue weighted by molar-refractivity contribution is -0.127. The summed E-state index contributed by atoms with van der Waals surface area (Å²) in [6.45, 7) is 1.55. The summed E-state index contributed by atoms with van der Waals surface area (Å²) < 4.78 is 11.5. The first-order valence-electron chi connectivity index (χ1n) is 9.80. The van der Waals surface area contributed by atoms with E-state index in [9.17, 15) is 4.79 Å². The zero-order chi connectivity index (χ0) is 19.9. The van der Waals surface area contributed by atoms with Crippen LogP contribution in [0.4, 0.5) is 0 Å². The molecule has 148 valence electrons. The SMILES string of the molecule is O=C(/C=C\c1ccccc1)N1CCCC(c2nnc(COc3ccccc3)o2)C1. The molecule has 6 heteroatoms. The number of hydrogen-bond acceptors (Lipinski definition) is 5. The number of carbonyl (C=O) groups is 1. The van der Waals surface area contributed by atoms with Crippen molar-refractivity contribution in [2.45, 2.75) is 25.4 Å². The first-order chi connectivity index (χ1) is 14.3. The highest BCUT2D eigenvalue weighted by Gasteiger charge is 2.27. The van der Waals surface area contributed by atoms with Gasteiger partial charge in [0.05, 0.1) is 5.92 Å². The summed E-state index contributed by atoms with van der Waals surface area (Å²) in [6.07, 6.45) is 5.31. The fraction of sp³-hybridized carbons (Fsp3) is 0.261. The van der Waals surface area contributed by atoms with Crippen molar-refractivity contribution in [3.63, 3.8) is 0 Å². The summed E-state index contributed by atoms with van der Waals surface area (Å²) in [7, 11) is 0. The normalized spacial score (nSPS) is 16.8. The van der Waals surface area contributed by atoms with Gasteiger partial charge in [-0.15, -0.1) is 10.2 Å². The third-order valence-corrected chi connectivity index (χ3v) is 4.89. The molecule has 0 saturated carbocycles. The second kappa shape index (κ2) is 9.19. The van der Waals surface area contributed by atoms with Crippen LogP contribution in [0.5, 0.6) is 5.75 Å². The van der Waals surface area contributed by atoms with Gasteiger partial charge in [-0.3, -0.25) is 4.79 Å². The van der Waals surface area contributed by atoms with E-state index in [-0.39, 0.29) is 18.4 Å². The van der Waals surface area contributed by atoms with Crippen molar-refractivity contribution in [2.75, 3.05) is 13.1 Å². The van der Waals surface area contributed by atoms with Crippen molar-refractivity contribution in [3.8, 4) is 5.75 Å². The zero-order valence-electron chi connectivity index (χ0n) is 16.1. The summed E-state index contributed by atoms with van der Waals surface area (Å²) in [6, 6.07) is 19.3. The van der Waals surface area contributed by atoms with E-state index in [1.807, 2.05) is 71.6 Å². The van der Waals surface area contributed by atoms with E-state index in [0.29, 0.717) is 18.3 Å². The lowest BCUT2D eigenvalue weighted by atomic mass is 9.98. The predicted molar refractivity (Wildman–Crippen MR) is 109 cm³/mol. The Morgan fingerprint density at radius 3 is 2.66 bits per heavy atom. The summed E-state index contributed by atoms with van der Waals surface area (Å²) in [5, 5.41) is 8.28. The van der Waals surface area contributed by atoms with Gasteiger partial charge in [0.15, 0.2) is 6.61 Å². The van der Waals surface area contributed by atoms with Gasteiger partial charge < -0.3 is 14.1 Å². The Morgan fingerprint density at radius 1 is 1.10 bits per heavy atom. The molecule has 1 aromatic heterocycles. The van der Waals surface area contributed by atoms with Crippen LogP contribution < -0.4 is 4.74 Å². The number of benzene rings is 2. The van der Waals surface area contributed by atoms with E-state index in [0.717, 1.165) is 30.7 Å². The minimum atomic E-state index is 0.00528. The Balaban J connectivity index is 1.34. The second-order valence-electron chi connectivity index (χ2n) is 7.00. The number of para-hydroxylation sites is 1. The number of carbonyl (C=O) groups excluding carboxylic acids is 1. The highest BCUT2D eigenvalue weighted by Crippen LogP contribution is 2.26. The van der Waals surface area contributed by atoms with E-state index in [1.165, 1.54) is 0 Å². The molecule has 1 unspecified atom stereocenters. The Morgan fingerprint density at radius 2 is 1.86 bits per heavy atom. The molecule has 4 rings (SSSR count). The molecule has 1 atom stereocenters. The summed E-state index contributed by atoms with van der Waals surface area (Å²) in [5.74, 6) is 1.82. The quantitative estimate of drug-likeness (QED) is 0.595. The van der Waals surface area contributed by atoms with E-state index >= 15 is 0 Å². The average Bonchev–Trinajstić information content (AvgIpc) is 3.27. The van der Waals surface area contributed by atoms with Crippen LogP contribution in [-0.2, 0) is 11.4 Å². The Hall–Kier alpha value is -3.41. The van der Waals surface area contributed by atoms with Crippen molar-refractivity contribution < 1.29 is 13.9 Å². The van der Waals surface area contributed by atoms with Gasteiger partial charge in [0.1, 0.15) is 5.75 Å². The minimum absolute atomic E-state index is 0.00528. The fourth-order valence-electron chi connectivity index (χ4n) is 3.37. The molecule has 0 N–H and O–H groups in total. The molecule has 0 spiro atoms. The van der Waals surface area contributed by atoms with Crippen LogP contribution in [-0.4, -0.2) is 34.1 Å². The number of hydrogen-bond donors (Lipinski definition) is 0. The molecule has 0 bridgehead atoms. The standard InChI is InChI=1S/C23H23N3O3/c27-22(14-13-18-8-3-1-4-9-18)26-15-7-10-19(16-26)23-25-24-21(29-23)17-28-20-11-5-2-6-12-20/h1-6,8-9,11-14,19H,7,10,15-17H2/b14-13-. The van der Waals surface area contributed by atoms with Crippen molar-refractivity contribution >= 4 is 12.0 Å². The van der Waals surface area contributed by atoms with Crippen LogP contribution >= 0.6 is 0 Å². The van der Waals surface area contributed by atoms with Crippen molar-refractivity contribution in [1.29, 1.82) is 0 Å². The first kappa shape index (κ1) is 18.9. The predicted octanol–water partition coefficient (Wildman–Crippen LogP) is 4.07. The maximum Gasteiger partial charge on any atom is 0.253 e. The molecule has 0 radical (unpaired) electrons. The molecular formula is C23H23N3O3.